The molecule has 3 aliphatic heterocycles. The average molecular weight is 450 g/mol. The molecule has 6 rings (SSSR count). The summed E-state index contributed by atoms with van der Waals surface area (Å²) >= 11 is 12.4. The van der Waals surface area contributed by atoms with Crippen LogP contribution in [0.4, 0.5) is 5.69 Å². The predicted octanol–water partition coefficient (Wildman–Crippen LogP) is 5.65. The Bertz CT molecular complexity index is 1290. The Kier molecular flexibility index (Phi) is 3.92. The standard InChI is InChI=1S/C24H17Cl2N3O2/c1-13-2-8-19-18(10-13)24(23(30)27-19)29-21(17-11-16(26)7-9-22(17)31-24)12-20(28-29)14-3-5-15(25)6-4-14/h2-11,21H,12H2,1H3,(H,27,30). The summed E-state index contributed by atoms with van der Waals surface area (Å²) in [7, 11) is 0. The van der Waals surface area contributed by atoms with Crippen molar-refractivity contribution in [2.45, 2.75) is 25.1 Å². The van der Waals surface area contributed by atoms with Gasteiger partial charge >= 0.3 is 5.72 Å². The molecule has 0 aromatic heterocycles. The normalized spacial score (nSPS) is 23.1. The number of carbonyl (C=O) groups is 1. The van der Waals surface area contributed by atoms with Crippen molar-refractivity contribution in [3.63, 3.8) is 0 Å². The summed E-state index contributed by atoms with van der Waals surface area (Å²) in [5.74, 6) is 0.391. The van der Waals surface area contributed by atoms with Crippen molar-refractivity contribution in [2.24, 2.45) is 5.10 Å². The number of nitrogens with one attached hydrogen (secondary N) is 1. The summed E-state index contributed by atoms with van der Waals surface area (Å²) in [6.07, 6.45) is 0.620. The molecule has 7 heteroatoms. The number of carbonyl (C=O) groups excluding carboxylic acids is 1. The van der Waals surface area contributed by atoms with Gasteiger partial charge in [-0.25, -0.2) is 5.01 Å². The zero-order valence-corrected chi connectivity index (χ0v) is 18.0. The first-order valence-electron chi connectivity index (χ1n) is 9.99. The number of amides is 1. The van der Waals surface area contributed by atoms with E-state index in [1.54, 1.807) is 11.1 Å². The van der Waals surface area contributed by atoms with Crippen LogP contribution in [-0.4, -0.2) is 16.6 Å². The molecule has 5 nitrogen and oxygen atoms in total. The van der Waals surface area contributed by atoms with Crippen LogP contribution >= 0.6 is 23.2 Å². The van der Waals surface area contributed by atoms with Gasteiger partial charge in [0.15, 0.2) is 0 Å². The Morgan fingerprint density at radius 3 is 2.65 bits per heavy atom. The number of rotatable bonds is 1. The maximum atomic E-state index is 13.4. The second kappa shape index (κ2) is 6.49. The molecule has 0 bridgehead atoms. The molecule has 0 aliphatic carbocycles. The predicted molar refractivity (Wildman–Crippen MR) is 121 cm³/mol. The molecule has 0 saturated carbocycles. The lowest BCUT2D eigenvalue weighted by Crippen LogP contribution is -2.55. The van der Waals surface area contributed by atoms with E-state index in [2.05, 4.69) is 5.32 Å². The van der Waals surface area contributed by atoms with Gasteiger partial charge in [0.25, 0.3) is 5.91 Å². The number of nitrogens with zero attached hydrogens (tertiary/aromatic N) is 2. The van der Waals surface area contributed by atoms with E-state index >= 15 is 0 Å². The Hall–Kier alpha value is -3.02. The summed E-state index contributed by atoms with van der Waals surface area (Å²) in [6.45, 7) is 2.00. The van der Waals surface area contributed by atoms with E-state index in [0.717, 1.165) is 33.7 Å². The molecule has 2 unspecified atom stereocenters. The SMILES string of the molecule is Cc1ccc2c(c1)C1(Oc3ccc(Cl)cc3C3CC(c4ccc(Cl)cc4)=NN31)C(=O)N2. The maximum Gasteiger partial charge on any atom is 0.306 e. The highest BCUT2D eigenvalue weighted by molar-refractivity contribution is 6.31. The molecular formula is C24H17Cl2N3O2. The van der Waals surface area contributed by atoms with Crippen molar-refractivity contribution in [1.82, 2.24) is 5.01 Å². The van der Waals surface area contributed by atoms with E-state index in [9.17, 15) is 4.79 Å². The summed E-state index contributed by atoms with van der Waals surface area (Å²) in [5.41, 5.74) is 3.91. The largest absolute Gasteiger partial charge is 0.453 e. The topological polar surface area (TPSA) is 53.9 Å². The Morgan fingerprint density at radius 2 is 1.84 bits per heavy atom. The fraction of sp³-hybridized carbons (Fsp3) is 0.167. The highest BCUT2D eigenvalue weighted by atomic mass is 35.5. The minimum Gasteiger partial charge on any atom is -0.453 e. The van der Waals surface area contributed by atoms with Crippen LogP contribution in [0.3, 0.4) is 0 Å². The third-order valence-electron chi connectivity index (χ3n) is 6.10. The molecule has 0 fully saturated rings. The number of hydrazone groups is 1. The number of anilines is 1. The van der Waals surface area contributed by atoms with E-state index in [1.165, 1.54) is 0 Å². The lowest BCUT2D eigenvalue weighted by atomic mass is 9.92. The zero-order valence-electron chi connectivity index (χ0n) is 16.5. The zero-order chi connectivity index (χ0) is 21.3. The number of fused-ring (bicyclic) bond motifs is 6. The van der Waals surface area contributed by atoms with E-state index in [1.807, 2.05) is 61.5 Å². The van der Waals surface area contributed by atoms with Gasteiger partial charge in [-0.05, 0) is 55.0 Å². The summed E-state index contributed by atoms with van der Waals surface area (Å²) < 4.78 is 6.47. The fourth-order valence-electron chi connectivity index (χ4n) is 4.64. The highest BCUT2D eigenvalue weighted by Crippen LogP contribution is 2.54. The second-order valence-corrected chi connectivity index (χ2v) is 8.92. The molecular weight excluding hydrogens is 433 g/mol. The van der Waals surface area contributed by atoms with Crippen molar-refractivity contribution >= 4 is 40.5 Å². The number of ether oxygens (including phenoxy) is 1. The lowest BCUT2D eigenvalue weighted by molar-refractivity contribution is -0.161. The van der Waals surface area contributed by atoms with Crippen molar-refractivity contribution in [3.05, 3.63) is 93.0 Å². The first kappa shape index (κ1) is 18.7. The van der Waals surface area contributed by atoms with Crippen molar-refractivity contribution < 1.29 is 9.53 Å². The molecule has 0 saturated heterocycles. The van der Waals surface area contributed by atoms with E-state index < -0.39 is 5.72 Å². The first-order chi connectivity index (χ1) is 15.0. The third kappa shape index (κ3) is 2.63. The third-order valence-corrected chi connectivity index (χ3v) is 6.58. The smallest absolute Gasteiger partial charge is 0.306 e. The molecule has 154 valence electrons. The Morgan fingerprint density at radius 1 is 1.06 bits per heavy atom. The van der Waals surface area contributed by atoms with Gasteiger partial charge < -0.3 is 10.1 Å². The molecule has 3 aliphatic rings. The Labute approximate surface area is 189 Å². The second-order valence-electron chi connectivity index (χ2n) is 8.05. The van der Waals surface area contributed by atoms with Gasteiger partial charge in [-0.3, -0.25) is 4.79 Å². The lowest BCUT2D eigenvalue weighted by Gasteiger charge is -2.44. The number of hydrogen-bond acceptors (Lipinski definition) is 4. The molecule has 3 heterocycles. The average Bonchev–Trinajstić information content (AvgIpc) is 3.31. The van der Waals surface area contributed by atoms with Gasteiger partial charge in [0.2, 0.25) is 0 Å². The molecule has 1 N–H and O–H groups in total. The number of aryl methyl sites for hydroxylation is 1. The quantitative estimate of drug-likeness (QED) is 0.521. The van der Waals surface area contributed by atoms with Crippen LogP contribution in [0.25, 0.3) is 0 Å². The molecule has 1 amide bonds. The number of halogens is 2. The molecule has 1 spiro atoms. The number of hydrogen-bond donors (Lipinski definition) is 1. The maximum absolute atomic E-state index is 13.4. The fourth-order valence-corrected chi connectivity index (χ4v) is 4.95. The molecule has 3 aromatic carbocycles. The van der Waals surface area contributed by atoms with Gasteiger partial charge in [0.1, 0.15) is 5.75 Å². The summed E-state index contributed by atoms with van der Waals surface area (Å²) in [4.78, 5) is 13.4. The molecule has 0 radical (unpaired) electrons. The Balaban J connectivity index is 1.58. The van der Waals surface area contributed by atoms with Crippen LogP contribution in [0.5, 0.6) is 5.75 Å². The van der Waals surface area contributed by atoms with Crippen molar-refractivity contribution in [2.75, 3.05) is 5.32 Å². The van der Waals surface area contributed by atoms with Gasteiger partial charge in [-0.2, -0.15) is 5.10 Å². The van der Waals surface area contributed by atoms with Gasteiger partial charge in [0.05, 0.1) is 23.0 Å². The minimum atomic E-state index is -1.37. The molecule has 31 heavy (non-hydrogen) atoms. The van der Waals surface area contributed by atoms with Crippen LogP contribution < -0.4 is 10.1 Å². The van der Waals surface area contributed by atoms with E-state index in [-0.39, 0.29) is 11.9 Å². The van der Waals surface area contributed by atoms with Crippen molar-refractivity contribution in [1.29, 1.82) is 0 Å². The monoisotopic (exact) mass is 449 g/mol. The van der Waals surface area contributed by atoms with E-state index in [4.69, 9.17) is 33.0 Å². The molecule has 2 atom stereocenters. The van der Waals surface area contributed by atoms with Crippen LogP contribution in [-0.2, 0) is 10.5 Å². The highest BCUT2D eigenvalue weighted by Gasteiger charge is 2.60. The van der Waals surface area contributed by atoms with E-state index in [0.29, 0.717) is 22.2 Å². The van der Waals surface area contributed by atoms with Gasteiger partial charge in [0, 0.05) is 22.0 Å². The van der Waals surface area contributed by atoms with Crippen LogP contribution in [0, 0.1) is 6.92 Å². The minimum absolute atomic E-state index is 0.189. The van der Waals surface area contributed by atoms with Gasteiger partial charge in [-0.15, -0.1) is 0 Å². The van der Waals surface area contributed by atoms with Crippen LogP contribution in [0.2, 0.25) is 10.0 Å². The number of benzene rings is 3. The summed E-state index contributed by atoms with van der Waals surface area (Å²) in [5, 5.41) is 11.0. The van der Waals surface area contributed by atoms with Crippen LogP contribution in [0.1, 0.15) is 34.7 Å². The van der Waals surface area contributed by atoms with Crippen LogP contribution in [0.15, 0.2) is 65.8 Å². The molecule has 3 aromatic rings. The summed E-state index contributed by atoms with van der Waals surface area (Å²) in [6, 6.07) is 18.8. The first-order valence-corrected chi connectivity index (χ1v) is 10.7. The van der Waals surface area contributed by atoms with Gasteiger partial charge in [-0.1, -0.05) is 47.0 Å². The van der Waals surface area contributed by atoms with Crippen molar-refractivity contribution in [3.8, 4) is 5.75 Å².